The first-order chi connectivity index (χ1) is 18.9. The van der Waals surface area contributed by atoms with Crippen LogP contribution in [0.5, 0.6) is 0 Å². The van der Waals surface area contributed by atoms with Gasteiger partial charge in [0.25, 0.3) is 0 Å². The van der Waals surface area contributed by atoms with Crippen molar-refractivity contribution >= 4 is 43.4 Å². The van der Waals surface area contributed by atoms with E-state index in [1.165, 1.54) is 5.56 Å². The number of fused-ring (bicyclic) bond motifs is 5. The van der Waals surface area contributed by atoms with E-state index in [4.69, 9.17) is 9.90 Å². The molecule has 0 bridgehead atoms. The third-order valence-electron chi connectivity index (χ3n) is 5.61. The summed E-state index contributed by atoms with van der Waals surface area (Å²) < 4.78 is 38.7. The Kier molecular flexibility index (Phi) is 5.73. The molecule has 7 aromatic rings. The van der Waals surface area contributed by atoms with Gasteiger partial charge in [0, 0.05) is 42.6 Å². The first-order valence-corrected chi connectivity index (χ1v) is 11.9. The van der Waals surface area contributed by atoms with E-state index >= 15 is 0 Å². The Morgan fingerprint density at radius 3 is 2.69 bits per heavy atom. The molecule has 36 heavy (non-hydrogen) atoms. The van der Waals surface area contributed by atoms with Crippen molar-refractivity contribution in [2.75, 3.05) is 0 Å². The molecule has 0 aliphatic rings. The van der Waals surface area contributed by atoms with E-state index in [1.54, 1.807) is 17.4 Å². The average Bonchev–Trinajstić information content (AvgIpc) is 3.59. The van der Waals surface area contributed by atoms with Gasteiger partial charge in [0.2, 0.25) is 0 Å². The molecule has 0 amide bonds. The summed E-state index contributed by atoms with van der Waals surface area (Å²) in [5.74, 6) is 0. The second kappa shape index (κ2) is 10.5. The fourth-order valence-electron chi connectivity index (χ4n) is 3.96. The summed E-state index contributed by atoms with van der Waals surface area (Å²) in [5, 5.41) is 5.06. The Balaban J connectivity index is 0.000000195. The number of pyridine rings is 2. The maximum atomic E-state index is 8.17. The van der Waals surface area contributed by atoms with Crippen LogP contribution in [0.25, 0.3) is 54.5 Å². The minimum atomic E-state index is -0.351. The number of furan rings is 1. The van der Waals surface area contributed by atoms with Crippen molar-refractivity contribution in [1.29, 1.82) is 0 Å². The average molecular weight is 665 g/mol. The molecule has 0 aliphatic carbocycles. The molecule has 0 saturated carbocycles. The predicted molar refractivity (Wildman–Crippen MR) is 144 cm³/mol. The Morgan fingerprint density at radius 1 is 0.917 bits per heavy atom. The minimum absolute atomic E-state index is 0. The summed E-state index contributed by atoms with van der Waals surface area (Å²) in [7, 11) is 0. The van der Waals surface area contributed by atoms with Crippen LogP contribution >= 0.6 is 11.3 Å². The monoisotopic (exact) mass is 665 g/mol. The molecule has 5 heteroatoms. The summed E-state index contributed by atoms with van der Waals surface area (Å²) in [5.41, 5.74) is 5.05. The van der Waals surface area contributed by atoms with Crippen molar-refractivity contribution in [3.63, 3.8) is 0 Å². The van der Waals surface area contributed by atoms with Crippen LogP contribution in [-0.2, 0) is 20.1 Å². The van der Waals surface area contributed by atoms with Gasteiger partial charge < -0.3 is 14.4 Å². The van der Waals surface area contributed by atoms with Crippen molar-refractivity contribution < 1.29 is 30.0 Å². The standard InChI is InChI=1S/C19H10NOS.C12H10N.Ir/c1-2-10-20-15(6-1)13-4-3-5-14-17-16(21-18(13)14)8-7-12-9-11-22-19(12)17;1-10-7-8-12(13-9-10)11-5-3-2-4-6-11;/h1-3,5-11H;2-5,7-9H,1H3;/q2*-1;/i1D,2D,6D,10D;;. The molecule has 0 aliphatic heterocycles. The number of hydrogen-bond acceptors (Lipinski definition) is 4. The van der Waals surface area contributed by atoms with E-state index < -0.39 is 0 Å². The Morgan fingerprint density at radius 2 is 1.86 bits per heavy atom. The molecular formula is C31H20IrN2OS-2. The zero-order valence-electron chi connectivity index (χ0n) is 23.0. The van der Waals surface area contributed by atoms with Gasteiger partial charge in [-0.05, 0) is 58.9 Å². The summed E-state index contributed by atoms with van der Waals surface area (Å²) in [4.78, 5) is 8.38. The summed E-state index contributed by atoms with van der Waals surface area (Å²) >= 11 is 1.64. The number of thiophene rings is 1. The van der Waals surface area contributed by atoms with Gasteiger partial charge in [-0.15, -0.1) is 65.4 Å². The fraction of sp³-hybridized carbons (Fsp3) is 0.0323. The number of benzene rings is 3. The SMILES string of the molecule is Cc1ccc(-c2[c-]cccc2)nc1.[2H]c1nc(-c2[c-]ccc3c2oc2ccc4ccsc4c23)c([2H])c([2H])c1[2H].[Ir]. The van der Waals surface area contributed by atoms with Crippen LogP contribution in [-0.4, -0.2) is 9.97 Å². The van der Waals surface area contributed by atoms with Crippen molar-refractivity contribution in [3.05, 3.63) is 120 Å². The molecular weight excluding hydrogens is 641 g/mol. The minimum Gasteiger partial charge on any atom is -0.501 e. The Bertz CT molecular complexity index is 1970. The number of hydrogen-bond donors (Lipinski definition) is 0. The fourth-order valence-corrected chi connectivity index (χ4v) is 4.91. The van der Waals surface area contributed by atoms with E-state index in [0.29, 0.717) is 11.1 Å². The van der Waals surface area contributed by atoms with E-state index in [2.05, 4.69) is 34.2 Å². The molecule has 0 spiro atoms. The molecule has 4 heterocycles. The van der Waals surface area contributed by atoms with Crippen LogP contribution in [0.4, 0.5) is 0 Å². The normalized spacial score (nSPS) is 12.2. The van der Waals surface area contributed by atoms with Crippen LogP contribution in [0.3, 0.4) is 0 Å². The molecule has 0 fully saturated rings. The van der Waals surface area contributed by atoms with Crippen LogP contribution in [0.15, 0.2) is 107 Å². The van der Waals surface area contributed by atoms with Crippen molar-refractivity contribution in [2.45, 2.75) is 6.92 Å². The van der Waals surface area contributed by atoms with Crippen LogP contribution < -0.4 is 0 Å². The zero-order chi connectivity index (χ0) is 27.1. The molecule has 4 aromatic heterocycles. The molecule has 1 radical (unpaired) electrons. The van der Waals surface area contributed by atoms with Gasteiger partial charge in [-0.2, -0.15) is 0 Å². The number of nitrogens with zero attached hydrogens (tertiary/aromatic N) is 2. The second-order valence-electron chi connectivity index (χ2n) is 7.92. The molecule has 7 rings (SSSR count). The Labute approximate surface area is 232 Å². The topological polar surface area (TPSA) is 38.9 Å². The van der Waals surface area contributed by atoms with Gasteiger partial charge in [0.1, 0.15) is 5.58 Å². The predicted octanol–water partition coefficient (Wildman–Crippen LogP) is 8.52. The molecule has 3 nitrogen and oxygen atoms in total. The summed E-state index contributed by atoms with van der Waals surface area (Å²) in [6.45, 7) is 2.03. The zero-order valence-corrected chi connectivity index (χ0v) is 22.3. The van der Waals surface area contributed by atoms with Gasteiger partial charge in [-0.1, -0.05) is 35.2 Å². The van der Waals surface area contributed by atoms with E-state index in [0.717, 1.165) is 37.7 Å². The van der Waals surface area contributed by atoms with Gasteiger partial charge in [0.05, 0.1) is 11.1 Å². The number of rotatable bonds is 2. The van der Waals surface area contributed by atoms with Crippen LogP contribution in [0, 0.1) is 19.1 Å². The van der Waals surface area contributed by atoms with E-state index in [-0.39, 0.29) is 50.1 Å². The van der Waals surface area contributed by atoms with Gasteiger partial charge in [-0.25, -0.2) is 0 Å². The van der Waals surface area contributed by atoms with Gasteiger partial charge in [-0.3, -0.25) is 0 Å². The van der Waals surface area contributed by atoms with Crippen molar-refractivity contribution in [1.82, 2.24) is 9.97 Å². The van der Waals surface area contributed by atoms with Crippen molar-refractivity contribution in [2.24, 2.45) is 0 Å². The van der Waals surface area contributed by atoms with Crippen molar-refractivity contribution in [3.8, 4) is 22.5 Å². The second-order valence-corrected chi connectivity index (χ2v) is 8.84. The first-order valence-electron chi connectivity index (χ1n) is 13.0. The Hall–Kier alpha value is -3.63. The maximum absolute atomic E-state index is 8.17. The smallest absolute Gasteiger partial charge is 0.122 e. The maximum Gasteiger partial charge on any atom is 0.122 e. The number of aromatic nitrogens is 2. The summed E-state index contributed by atoms with van der Waals surface area (Å²) in [6.07, 6.45) is 1.54. The van der Waals surface area contributed by atoms with E-state index in [1.807, 2.05) is 67.0 Å². The molecule has 0 atom stereocenters. The molecule has 0 unspecified atom stereocenters. The molecule has 0 saturated heterocycles. The van der Waals surface area contributed by atoms with Crippen LogP contribution in [0.2, 0.25) is 0 Å². The summed E-state index contributed by atoms with van der Waals surface area (Å²) in [6, 6.07) is 26.9. The van der Waals surface area contributed by atoms with Gasteiger partial charge in [0.15, 0.2) is 0 Å². The molecule has 177 valence electrons. The first kappa shape index (κ1) is 19.5. The van der Waals surface area contributed by atoms with Gasteiger partial charge >= 0.3 is 0 Å². The third-order valence-corrected chi connectivity index (χ3v) is 6.56. The van der Waals surface area contributed by atoms with Crippen LogP contribution in [0.1, 0.15) is 11.0 Å². The molecule has 0 N–H and O–H groups in total. The third kappa shape index (κ3) is 4.61. The largest absolute Gasteiger partial charge is 0.501 e. The number of aryl methyl sites for hydroxylation is 1. The molecule has 3 aromatic carbocycles. The van der Waals surface area contributed by atoms with E-state index in [9.17, 15) is 0 Å². The quantitative estimate of drug-likeness (QED) is 0.174.